The van der Waals surface area contributed by atoms with Gasteiger partial charge in [-0.25, -0.2) is 23.4 Å². The van der Waals surface area contributed by atoms with E-state index >= 15 is 0 Å². The number of fused-ring (bicyclic) bond motifs is 2. The van der Waals surface area contributed by atoms with E-state index in [4.69, 9.17) is 20.9 Å². The highest BCUT2D eigenvalue weighted by Gasteiger charge is 2.26. The van der Waals surface area contributed by atoms with Crippen LogP contribution in [0.25, 0.3) is 17.8 Å². The third kappa shape index (κ3) is 15.8. The standard InChI is InChI=1S/C29H25FN4O3.C19H20N2O2.C13H13FN2O.CH3I.ClH.H2/c1-16-8-20-12-22(13-21(20)11-19(16)10-18(3)35)28(36)23-14-33-34(29(23)31)25-15-32-27(9-17(25)2)37-26-7-5-4-6-24(26)30;1-12-5-15-8-17(19(23)18(10-20)11-21(3)4)9-16(15)7-14(12)6-13(2)22;1-9-6-13(16-8-10(9)7-15)17-12-5-3-2-4-11(12)14;1-2;;/h4-9,11-12,14-15H,10,13,31H2,1-3H3;5,7-8,11H,6,9H2,1-4H3;2-6,8H,7,15H2,1H3;1H3;2*1H/i;;;;;1+2. The Morgan fingerprint density at radius 2 is 1.20 bits per heavy atom. The zero-order valence-electron chi connectivity index (χ0n) is 45.9. The van der Waals surface area contributed by atoms with Gasteiger partial charge in [-0.1, -0.05) is 71.1 Å². The van der Waals surface area contributed by atoms with E-state index in [-0.39, 0.29) is 65.7 Å². The first-order chi connectivity index (χ1) is 37.7. The summed E-state index contributed by atoms with van der Waals surface area (Å²) in [6.07, 6.45) is 11.6. The Hall–Kier alpha value is -8.18. The van der Waals surface area contributed by atoms with Crippen LogP contribution in [-0.4, -0.2) is 66.8 Å². The zero-order valence-corrected chi connectivity index (χ0v) is 48.9. The van der Waals surface area contributed by atoms with Crippen molar-refractivity contribution in [3.8, 4) is 35.0 Å². The van der Waals surface area contributed by atoms with Crippen LogP contribution < -0.4 is 20.9 Å². The fraction of sp³-hybridized carbons (Fsp3) is 0.226. The Balaban J connectivity index is 0.000000275. The third-order valence-electron chi connectivity index (χ3n) is 12.7. The first-order valence-electron chi connectivity index (χ1n) is 24.9. The molecule has 3 heterocycles. The molecule has 0 atom stereocenters. The van der Waals surface area contributed by atoms with Crippen LogP contribution in [-0.2, 0) is 46.6 Å². The number of benzene rings is 4. The van der Waals surface area contributed by atoms with Gasteiger partial charge >= 0.3 is 0 Å². The van der Waals surface area contributed by atoms with Crippen molar-refractivity contribution in [1.82, 2.24) is 24.6 Å². The van der Waals surface area contributed by atoms with Crippen LogP contribution in [0.3, 0.4) is 0 Å². The minimum Gasteiger partial charge on any atom is -0.436 e. The van der Waals surface area contributed by atoms with E-state index in [1.54, 1.807) is 87.7 Å². The van der Waals surface area contributed by atoms with Gasteiger partial charge in [0.15, 0.2) is 28.9 Å². The van der Waals surface area contributed by atoms with Crippen LogP contribution >= 0.6 is 35.0 Å². The highest BCUT2D eigenvalue weighted by atomic mass is 127. The van der Waals surface area contributed by atoms with Gasteiger partial charge < -0.3 is 25.8 Å². The van der Waals surface area contributed by atoms with Gasteiger partial charge in [-0.3, -0.25) is 19.2 Å². The second kappa shape index (κ2) is 28.6. The first kappa shape index (κ1) is 62.7. The molecule has 80 heavy (non-hydrogen) atoms. The number of Topliss-reactive ketones (excluding diaryl/α,β-unsaturated/α-hetero) is 4. The van der Waals surface area contributed by atoms with Crippen LogP contribution in [0.4, 0.5) is 14.6 Å². The Kier molecular flexibility index (Phi) is 22.4. The van der Waals surface area contributed by atoms with Gasteiger partial charge in [0.05, 0.1) is 23.6 Å². The molecule has 14 nitrogen and oxygen atoms in total. The van der Waals surface area contributed by atoms with Gasteiger partial charge in [-0.2, -0.15) is 10.4 Å². The number of carbonyl (C=O) groups is 4. The van der Waals surface area contributed by atoms with Crippen LogP contribution in [0.15, 0.2) is 126 Å². The molecule has 0 amide bonds. The highest BCUT2D eigenvalue weighted by molar-refractivity contribution is 14.1. The number of aryl methyl sites for hydroxylation is 4. The lowest BCUT2D eigenvalue weighted by Crippen LogP contribution is -2.10. The number of nitrogens with two attached hydrogens (primary N) is 2. The molecule has 9 rings (SSSR count). The first-order valence-corrected chi connectivity index (χ1v) is 27.1. The number of para-hydroxylation sites is 2. The number of nitrogen functional groups attached to an aromatic ring is 1. The van der Waals surface area contributed by atoms with E-state index in [1.165, 1.54) is 35.3 Å². The zero-order chi connectivity index (χ0) is 57.7. The van der Waals surface area contributed by atoms with Crippen molar-refractivity contribution < 1.29 is 38.9 Å². The maximum Gasteiger partial charge on any atom is 0.219 e. The molecule has 0 saturated heterocycles. The van der Waals surface area contributed by atoms with Gasteiger partial charge in [0.25, 0.3) is 0 Å². The predicted octanol–water partition coefficient (Wildman–Crippen LogP) is 12.5. The Labute approximate surface area is 486 Å². The summed E-state index contributed by atoms with van der Waals surface area (Å²) in [5.74, 6) is -0.0801. The van der Waals surface area contributed by atoms with Crippen molar-refractivity contribution in [3.05, 3.63) is 205 Å². The molecule has 416 valence electrons. The minimum atomic E-state index is -0.487. The van der Waals surface area contributed by atoms with Crippen molar-refractivity contribution in [3.63, 3.8) is 0 Å². The second-order valence-electron chi connectivity index (χ2n) is 19.1. The Morgan fingerprint density at radius 3 is 1.66 bits per heavy atom. The number of rotatable bonds is 15. The van der Waals surface area contributed by atoms with E-state index in [2.05, 4.69) is 37.7 Å². The third-order valence-corrected chi connectivity index (χ3v) is 12.7. The molecule has 0 bridgehead atoms. The smallest absolute Gasteiger partial charge is 0.219 e. The van der Waals surface area contributed by atoms with Crippen LogP contribution in [0.5, 0.6) is 23.3 Å². The maximum absolute atomic E-state index is 13.9. The lowest BCUT2D eigenvalue weighted by molar-refractivity contribution is -0.117. The maximum atomic E-state index is 13.9. The summed E-state index contributed by atoms with van der Waals surface area (Å²) < 4.78 is 39.7. The number of nitriles is 1. The minimum absolute atomic E-state index is 0. The largest absolute Gasteiger partial charge is 0.436 e. The summed E-state index contributed by atoms with van der Waals surface area (Å²) >= 11 is 2.15. The molecule has 0 aliphatic heterocycles. The predicted molar refractivity (Wildman–Crippen MR) is 321 cm³/mol. The molecule has 4 aromatic carbocycles. The number of hydrogen-bond acceptors (Lipinski definition) is 13. The lowest BCUT2D eigenvalue weighted by atomic mass is 9.97. The number of anilines is 1. The summed E-state index contributed by atoms with van der Waals surface area (Å²) in [6, 6.07) is 25.7. The summed E-state index contributed by atoms with van der Waals surface area (Å²) in [6.45, 7) is 11.3. The SMILES string of the molecule is CC(=O)Cc1cc2c(cc1C)C=C(C(=O)C(C#N)=CN(C)C)C2.CC(=O)Cc1cc2c(cc1C)C=C(C(=O)c1cnn(-c3cnc(Oc4ccccc4F)cc3C)c1N)C2.CI.Cc1cc(Oc2ccccc2F)ncc1CN.Cl.[3HH]. The number of ketones is 4. The van der Waals surface area contributed by atoms with Crippen molar-refractivity contribution in [2.45, 2.75) is 73.8 Å². The average molecular weight is 1220 g/mol. The van der Waals surface area contributed by atoms with Gasteiger partial charge in [0.2, 0.25) is 17.5 Å². The fourth-order valence-corrected chi connectivity index (χ4v) is 8.70. The summed E-state index contributed by atoms with van der Waals surface area (Å²) in [5, 5.41) is 13.5. The molecule has 3 aromatic heterocycles. The Morgan fingerprint density at radius 1 is 0.725 bits per heavy atom. The topological polar surface area (TPSA) is 209 Å². The molecule has 7 aromatic rings. The number of hydrogen-bond donors (Lipinski definition) is 2. The fourth-order valence-electron chi connectivity index (χ4n) is 8.70. The van der Waals surface area contributed by atoms with Gasteiger partial charge in [-0.15, -0.1) is 12.4 Å². The normalized spacial score (nSPS) is 11.7. The number of carbonyl (C=O) groups excluding carboxylic acids is 4. The quantitative estimate of drug-likeness (QED) is 0.0322. The molecule has 0 saturated carbocycles. The number of allylic oxidation sites excluding steroid dienone is 3. The van der Waals surface area contributed by atoms with E-state index in [0.717, 1.165) is 61.2 Å². The molecule has 0 spiro atoms. The van der Waals surface area contributed by atoms with Crippen molar-refractivity contribution in [2.24, 2.45) is 5.73 Å². The number of alkyl halides is 1. The molecule has 0 radical (unpaired) electrons. The van der Waals surface area contributed by atoms with E-state index in [9.17, 15) is 33.2 Å². The molecular formula is C62H64ClF2IN8O6. The molecule has 4 N–H and O–H groups in total. The second-order valence-corrected chi connectivity index (χ2v) is 19.1. The average Bonchev–Trinajstić information content (AvgIpc) is 4.15. The molecule has 0 unspecified atom stereocenters. The van der Waals surface area contributed by atoms with Crippen molar-refractivity contribution >= 4 is 76.1 Å². The number of nitrogens with zero attached hydrogens (tertiary/aromatic N) is 6. The molecule has 2 aliphatic rings. The van der Waals surface area contributed by atoms with Crippen LogP contribution in [0.1, 0.15) is 86.8 Å². The number of pyridine rings is 2. The molecule has 2 aliphatic carbocycles. The molecular weight excluding hydrogens is 1150 g/mol. The highest BCUT2D eigenvalue weighted by Crippen LogP contribution is 2.34. The van der Waals surface area contributed by atoms with E-state index in [1.807, 2.05) is 75.1 Å². The summed E-state index contributed by atoms with van der Waals surface area (Å²) in [4.78, 5) is 60.8. The van der Waals surface area contributed by atoms with Crippen molar-refractivity contribution in [1.29, 1.82) is 5.26 Å². The monoisotopic (exact) mass is 1220 g/mol. The number of aromatic nitrogens is 4. The van der Waals surface area contributed by atoms with Gasteiger partial charge in [-0.05, 0) is 144 Å². The van der Waals surface area contributed by atoms with Gasteiger partial charge in [0.1, 0.15) is 29.0 Å². The van der Waals surface area contributed by atoms with Crippen LogP contribution in [0.2, 0.25) is 0 Å². The molecule has 0 fully saturated rings. The number of ether oxygens (including phenoxy) is 2. The van der Waals surface area contributed by atoms with E-state index in [0.29, 0.717) is 60.5 Å². The number of halogens is 4. The lowest BCUT2D eigenvalue weighted by Gasteiger charge is -2.11. The van der Waals surface area contributed by atoms with Gasteiger partial charge in [0, 0.05) is 83.4 Å². The summed E-state index contributed by atoms with van der Waals surface area (Å²) in [5.41, 5.74) is 24.9. The summed E-state index contributed by atoms with van der Waals surface area (Å²) in [7, 11) is 3.56. The molecule has 18 heteroatoms. The van der Waals surface area contributed by atoms with Crippen LogP contribution in [0, 0.1) is 50.7 Å². The van der Waals surface area contributed by atoms with E-state index < -0.39 is 11.6 Å². The Bertz CT molecular complexity index is 3630. The van der Waals surface area contributed by atoms with Crippen molar-refractivity contribution in [2.75, 3.05) is 24.8 Å².